The third-order valence-corrected chi connectivity index (χ3v) is 5.37. The molecule has 1 saturated carbocycles. The van der Waals surface area contributed by atoms with Gasteiger partial charge in [-0.25, -0.2) is 0 Å². The van der Waals surface area contributed by atoms with Crippen molar-refractivity contribution in [3.05, 3.63) is 47.5 Å². The van der Waals surface area contributed by atoms with Crippen molar-refractivity contribution in [2.45, 2.75) is 51.6 Å². The Labute approximate surface area is 142 Å². The lowest BCUT2D eigenvalue weighted by Gasteiger charge is -2.25. The Bertz CT molecular complexity index is 739. The van der Waals surface area contributed by atoms with Crippen molar-refractivity contribution in [1.29, 1.82) is 0 Å². The molecular weight excluding hydrogens is 300 g/mol. The minimum atomic E-state index is 0.148. The summed E-state index contributed by atoms with van der Waals surface area (Å²) in [5, 5.41) is 4.56. The van der Waals surface area contributed by atoms with Crippen molar-refractivity contribution in [2.75, 3.05) is 6.54 Å². The van der Waals surface area contributed by atoms with E-state index >= 15 is 0 Å². The molecule has 0 aromatic carbocycles. The fourth-order valence-corrected chi connectivity index (χ4v) is 4.02. The Morgan fingerprint density at radius 2 is 2.25 bits per heavy atom. The highest BCUT2D eigenvalue weighted by Gasteiger charge is 2.47. The number of likely N-dealkylation sites (tertiary alicyclic amines) is 1. The number of pyridine rings is 1. The van der Waals surface area contributed by atoms with Gasteiger partial charge in [0.2, 0.25) is 5.91 Å². The Morgan fingerprint density at radius 3 is 2.96 bits per heavy atom. The molecule has 1 aliphatic heterocycles. The van der Waals surface area contributed by atoms with E-state index in [-0.39, 0.29) is 12.0 Å². The van der Waals surface area contributed by atoms with E-state index in [0.717, 1.165) is 38.0 Å². The largest absolute Gasteiger partial charge is 0.338 e. The smallest absolute Gasteiger partial charge is 0.226 e. The fraction of sp³-hybridized carbons (Fsp3) is 0.526. The number of rotatable bonds is 4. The lowest BCUT2D eigenvalue weighted by Crippen LogP contribution is -2.39. The fourth-order valence-electron chi connectivity index (χ4n) is 4.02. The minimum Gasteiger partial charge on any atom is -0.338 e. The van der Waals surface area contributed by atoms with Crippen molar-refractivity contribution >= 4 is 5.91 Å². The summed E-state index contributed by atoms with van der Waals surface area (Å²) in [6.45, 7) is 5.80. The number of aryl methyl sites for hydroxylation is 2. The number of nitrogens with zero attached hydrogens (tertiary/aromatic N) is 4. The number of hydrogen-bond acceptors (Lipinski definition) is 3. The molecule has 1 amide bonds. The lowest BCUT2D eigenvalue weighted by molar-refractivity contribution is -0.133. The van der Waals surface area contributed by atoms with Crippen molar-refractivity contribution in [2.24, 2.45) is 5.92 Å². The molecule has 126 valence electrons. The summed E-state index contributed by atoms with van der Waals surface area (Å²) in [7, 11) is 0. The van der Waals surface area contributed by atoms with Gasteiger partial charge in [-0.15, -0.1) is 0 Å². The normalized spacial score (nSPS) is 25.9. The van der Waals surface area contributed by atoms with E-state index in [1.165, 1.54) is 11.3 Å². The molecule has 0 spiro atoms. The first-order valence-electron chi connectivity index (χ1n) is 8.85. The van der Waals surface area contributed by atoms with Gasteiger partial charge in [0.15, 0.2) is 0 Å². The molecule has 1 saturated heterocycles. The van der Waals surface area contributed by atoms with Crippen LogP contribution in [0.15, 0.2) is 30.6 Å². The Kier molecular flexibility index (Phi) is 3.87. The van der Waals surface area contributed by atoms with Gasteiger partial charge in [0.25, 0.3) is 0 Å². The zero-order valence-corrected chi connectivity index (χ0v) is 14.4. The summed E-state index contributed by atoms with van der Waals surface area (Å²) in [5.41, 5.74) is 3.42. The molecule has 0 radical (unpaired) electrons. The van der Waals surface area contributed by atoms with Gasteiger partial charge < -0.3 is 4.90 Å². The molecule has 2 aromatic rings. The Balaban J connectivity index is 1.44. The molecule has 3 heterocycles. The predicted octanol–water partition coefficient (Wildman–Crippen LogP) is 2.69. The highest BCUT2D eigenvalue weighted by Crippen LogP contribution is 2.48. The first-order chi connectivity index (χ1) is 11.6. The van der Waals surface area contributed by atoms with Crippen LogP contribution in [-0.4, -0.2) is 38.2 Å². The zero-order chi connectivity index (χ0) is 16.7. The van der Waals surface area contributed by atoms with E-state index in [9.17, 15) is 4.79 Å². The average molecular weight is 324 g/mol. The first kappa shape index (κ1) is 15.4. The SMILES string of the molecule is Cc1cc(C)n(C[C@@H]2CCCN2C(=O)[C@H]2C[C@@H]2c2cccnc2)n1. The molecule has 2 fully saturated rings. The second-order valence-corrected chi connectivity index (χ2v) is 7.17. The van der Waals surface area contributed by atoms with E-state index in [4.69, 9.17) is 0 Å². The van der Waals surface area contributed by atoms with Gasteiger partial charge in [-0.2, -0.15) is 5.10 Å². The lowest BCUT2D eigenvalue weighted by atomic mass is 10.1. The van der Waals surface area contributed by atoms with E-state index in [0.29, 0.717) is 11.8 Å². The topological polar surface area (TPSA) is 51.0 Å². The first-order valence-corrected chi connectivity index (χ1v) is 8.85. The van der Waals surface area contributed by atoms with Crippen LogP contribution in [0, 0.1) is 19.8 Å². The van der Waals surface area contributed by atoms with Crippen LogP contribution >= 0.6 is 0 Å². The van der Waals surface area contributed by atoms with Gasteiger partial charge in [0.1, 0.15) is 0 Å². The molecule has 0 N–H and O–H groups in total. The molecule has 2 aromatic heterocycles. The van der Waals surface area contributed by atoms with E-state index < -0.39 is 0 Å². The summed E-state index contributed by atoms with van der Waals surface area (Å²) < 4.78 is 2.05. The van der Waals surface area contributed by atoms with Crippen LogP contribution in [0.3, 0.4) is 0 Å². The molecule has 0 unspecified atom stereocenters. The second kappa shape index (κ2) is 6.04. The summed E-state index contributed by atoms with van der Waals surface area (Å²) in [5.74, 6) is 0.837. The van der Waals surface area contributed by atoms with Crippen molar-refractivity contribution in [1.82, 2.24) is 19.7 Å². The highest BCUT2D eigenvalue weighted by atomic mass is 16.2. The van der Waals surface area contributed by atoms with Crippen LogP contribution in [0.2, 0.25) is 0 Å². The maximum atomic E-state index is 13.0. The van der Waals surface area contributed by atoms with E-state index in [2.05, 4.69) is 38.7 Å². The number of amides is 1. The highest BCUT2D eigenvalue weighted by molar-refractivity contribution is 5.83. The molecule has 0 bridgehead atoms. The molecule has 5 heteroatoms. The molecule has 3 atom stereocenters. The molecule has 4 rings (SSSR count). The second-order valence-electron chi connectivity index (χ2n) is 7.17. The van der Waals surface area contributed by atoms with E-state index in [1.54, 1.807) is 6.20 Å². The van der Waals surface area contributed by atoms with E-state index in [1.807, 2.05) is 19.2 Å². The van der Waals surface area contributed by atoms with Crippen LogP contribution in [-0.2, 0) is 11.3 Å². The molecular formula is C19H24N4O. The molecule has 1 aliphatic carbocycles. The average Bonchev–Trinajstić information content (AvgIpc) is 3.15. The summed E-state index contributed by atoms with van der Waals surface area (Å²) >= 11 is 0. The van der Waals surface area contributed by atoms with Gasteiger partial charge in [0.05, 0.1) is 18.3 Å². The van der Waals surface area contributed by atoms with Crippen molar-refractivity contribution in [3.63, 3.8) is 0 Å². The standard InChI is InChI=1S/C19H24N4O/c1-13-9-14(2)23(21-13)12-16-6-4-8-22(16)19(24)18-10-17(18)15-5-3-7-20-11-15/h3,5,7,9,11,16-18H,4,6,8,10,12H2,1-2H3/t16-,17+,18-/m0/s1. The summed E-state index contributed by atoms with van der Waals surface area (Å²) in [6, 6.07) is 6.42. The van der Waals surface area contributed by atoms with Gasteiger partial charge in [-0.1, -0.05) is 6.07 Å². The Hall–Kier alpha value is -2.17. The third kappa shape index (κ3) is 2.83. The minimum absolute atomic E-state index is 0.148. The Morgan fingerprint density at radius 1 is 1.38 bits per heavy atom. The monoisotopic (exact) mass is 324 g/mol. The number of carbonyl (C=O) groups excluding carboxylic acids is 1. The van der Waals surface area contributed by atoms with Crippen LogP contribution in [0.5, 0.6) is 0 Å². The maximum absolute atomic E-state index is 13.0. The van der Waals surface area contributed by atoms with Crippen LogP contribution in [0.25, 0.3) is 0 Å². The predicted molar refractivity (Wildman–Crippen MR) is 91.5 cm³/mol. The maximum Gasteiger partial charge on any atom is 0.226 e. The van der Waals surface area contributed by atoms with Crippen molar-refractivity contribution < 1.29 is 4.79 Å². The number of carbonyl (C=O) groups is 1. The van der Waals surface area contributed by atoms with Crippen molar-refractivity contribution in [3.8, 4) is 0 Å². The van der Waals surface area contributed by atoms with Crippen LogP contribution in [0.1, 0.15) is 42.1 Å². The number of aromatic nitrogens is 3. The number of hydrogen-bond donors (Lipinski definition) is 0. The van der Waals surface area contributed by atoms with Gasteiger partial charge in [-0.05, 0) is 56.7 Å². The molecule has 24 heavy (non-hydrogen) atoms. The van der Waals surface area contributed by atoms with Crippen LogP contribution in [0.4, 0.5) is 0 Å². The quantitative estimate of drug-likeness (QED) is 0.869. The zero-order valence-electron chi connectivity index (χ0n) is 14.4. The molecule has 2 aliphatic rings. The van der Waals surface area contributed by atoms with Gasteiger partial charge in [0, 0.05) is 30.6 Å². The van der Waals surface area contributed by atoms with Gasteiger partial charge in [-0.3, -0.25) is 14.5 Å². The van der Waals surface area contributed by atoms with Gasteiger partial charge >= 0.3 is 0 Å². The van der Waals surface area contributed by atoms with Crippen LogP contribution < -0.4 is 0 Å². The third-order valence-electron chi connectivity index (χ3n) is 5.37. The summed E-state index contributed by atoms with van der Waals surface area (Å²) in [4.78, 5) is 19.3. The molecule has 5 nitrogen and oxygen atoms in total. The summed E-state index contributed by atoms with van der Waals surface area (Å²) in [6.07, 6.45) is 6.82.